The molecule has 1 aromatic carbocycles. The van der Waals surface area contributed by atoms with E-state index in [2.05, 4.69) is 52.6 Å². The molecule has 77 heavy (non-hydrogen) atoms. The number of benzene rings is 1. The highest BCUT2D eigenvalue weighted by atomic mass is 16.8. The van der Waals surface area contributed by atoms with Crippen molar-refractivity contribution in [3.05, 3.63) is 126 Å². The summed E-state index contributed by atoms with van der Waals surface area (Å²) in [6.07, 6.45) is -15.1. The predicted molar refractivity (Wildman–Crippen MR) is 277 cm³/mol. The van der Waals surface area contributed by atoms with E-state index in [9.17, 15) is 25.5 Å². The summed E-state index contributed by atoms with van der Waals surface area (Å²) in [5.74, 6) is 0.940. The van der Waals surface area contributed by atoms with Crippen molar-refractivity contribution < 1.29 is 106 Å². The zero-order valence-corrected chi connectivity index (χ0v) is 43.8. The van der Waals surface area contributed by atoms with Gasteiger partial charge in [0.2, 0.25) is 6.29 Å². The SMILES string of the molecule is C=CCOC[C@H]1O[C@@H](O[C@@H]2[C@H](OCC=C)[C@@H](O)[C@H](O[C@@H]3[C@H](OCC=C)[C@@H](O)[C@H](O[C@@H]4[C@H](OCC=C)[C@@H](O)[C@H](Oc5ccc(OC)cc5)O[C@@H]4COCC=C)O[C@@H]3COCC=C)O[C@@H]2COCC=C)[C@H](O)[C@@H](OCC=C)[C@H]1O. The highest BCUT2D eigenvalue weighted by molar-refractivity contribution is 5.31. The number of methoxy groups -OCH3 is 1. The standard InChI is InChI=1S/C55H80O22/c1-10-22-62-30-36-40(56)48(66-26-14-5)41(57)53(71-36)75-46-38(32-64-24-12-3)73-55(43(59)50(46)68-28-16-7)77-47-39(33-65-25-13-4)74-54(44(60)51(47)69-29-17-8)76-45-37(31-63-23-11-2)72-52(42(58)49(45)67-27-15-6)70-35-20-18-34(61-9)19-21-35/h10-21,36-60H,1-8,22-33H2,9H3/t36-,37-,38-,39-,40+,41-,42-,43-,44-,45+,46+,47+,48+,49-,50-,51-,52-,53+,54+,55+/m1/s1. The number of hydrogen-bond donors (Lipinski definition) is 5. The Balaban J connectivity index is 1.48. The molecule has 4 heterocycles. The van der Waals surface area contributed by atoms with Crippen molar-refractivity contribution in [2.45, 2.75) is 123 Å². The minimum absolute atomic E-state index is 0.0288. The molecule has 5 rings (SSSR count). The molecule has 0 spiro atoms. The number of ether oxygens (including phenoxy) is 17. The van der Waals surface area contributed by atoms with Gasteiger partial charge in [0.15, 0.2) is 18.9 Å². The van der Waals surface area contributed by atoms with Crippen LogP contribution in [0.5, 0.6) is 11.5 Å². The predicted octanol–water partition coefficient (Wildman–Crippen LogP) is 2.03. The van der Waals surface area contributed by atoms with E-state index in [0.717, 1.165) is 0 Å². The molecule has 0 radical (unpaired) electrons. The van der Waals surface area contributed by atoms with Gasteiger partial charge >= 0.3 is 0 Å². The van der Waals surface area contributed by atoms with Crippen LogP contribution in [0.2, 0.25) is 0 Å². The van der Waals surface area contributed by atoms with E-state index in [1.54, 1.807) is 30.3 Å². The van der Waals surface area contributed by atoms with Crippen LogP contribution in [0.4, 0.5) is 0 Å². The highest BCUT2D eigenvalue weighted by Crippen LogP contribution is 2.38. The van der Waals surface area contributed by atoms with Gasteiger partial charge in [0, 0.05) is 0 Å². The minimum atomic E-state index is -1.70. The van der Waals surface area contributed by atoms with Crippen LogP contribution in [0, 0.1) is 0 Å². The van der Waals surface area contributed by atoms with Crippen LogP contribution in [0.3, 0.4) is 0 Å². The molecule has 0 unspecified atom stereocenters. The summed E-state index contributed by atoms with van der Waals surface area (Å²) >= 11 is 0. The fraction of sp³-hybridized carbons (Fsp3) is 0.600. The van der Waals surface area contributed by atoms with Crippen LogP contribution in [0.25, 0.3) is 0 Å². The van der Waals surface area contributed by atoms with Gasteiger partial charge in [0.1, 0.15) is 109 Å². The normalized spacial score (nSPS) is 35.2. The van der Waals surface area contributed by atoms with Crippen molar-refractivity contribution in [3.63, 3.8) is 0 Å². The first-order valence-electron chi connectivity index (χ1n) is 25.4. The molecule has 4 fully saturated rings. The van der Waals surface area contributed by atoms with Gasteiger partial charge in [0.05, 0.1) is 86.4 Å². The van der Waals surface area contributed by atoms with Crippen molar-refractivity contribution in [1.29, 1.82) is 0 Å². The fourth-order valence-corrected chi connectivity index (χ4v) is 8.86. The largest absolute Gasteiger partial charge is 0.497 e. The van der Waals surface area contributed by atoms with Gasteiger partial charge in [-0.05, 0) is 24.3 Å². The van der Waals surface area contributed by atoms with E-state index in [1.165, 1.54) is 49.6 Å². The summed E-state index contributed by atoms with van der Waals surface area (Å²) in [6.45, 7) is 29.4. The molecule has 0 saturated carbocycles. The highest BCUT2D eigenvalue weighted by Gasteiger charge is 2.57. The van der Waals surface area contributed by atoms with Gasteiger partial charge in [0.25, 0.3) is 0 Å². The zero-order valence-electron chi connectivity index (χ0n) is 43.8. The van der Waals surface area contributed by atoms with E-state index >= 15 is 0 Å². The third-order valence-electron chi connectivity index (χ3n) is 12.4. The van der Waals surface area contributed by atoms with Gasteiger partial charge in [-0.1, -0.05) is 48.6 Å². The summed E-state index contributed by atoms with van der Waals surface area (Å²) in [5.41, 5.74) is 0. The van der Waals surface area contributed by atoms with Crippen molar-refractivity contribution >= 4 is 0 Å². The Labute approximate surface area is 451 Å². The second-order valence-corrected chi connectivity index (χ2v) is 17.9. The zero-order chi connectivity index (χ0) is 55.7. The summed E-state index contributed by atoms with van der Waals surface area (Å²) in [4.78, 5) is 0. The van der Waals surface area contributed by atoms with Crippen LogP contribution in [-0.2, 0) is 71.1 Å². The number of hydrogen-bond acceptors (Lipinski definition) is 22. The van der Waals surface area contributed by atoms with Crippen LogP contribution >= 0.6 is 0 Å². The molecule has 432 valence electrons. The van der Waals surface area contributed by atoms with Gasteiger partial charge in [-0.25, -0.2) is 0 Å². The molecule has 4 aliphatic heterocycles. The maximum atomic E-state index is 12.4. The van der Waals surface area contributed by atoms with E-state index in [1.807, 2.05) is 0 Å². The molecule has 5 N–H and O–H groups in total. The van der Waals surface area contributed by atoms with Crippen molar-refractivity contribution in [1.82, 2.24) is 0 Å². The molecule has 0 aliphatic carbocycles. The molecule has 0 amide bonds. The number of aliphatic hydroxyl groups is 5. The van der Waals surface area contributed by atoms with Gasteiger partial charge in [-0.3, -0.25) is 0 Å². The third-order valence-corrected chi connectivity index (χ3v) is 12.4. The third kappa shape index (κ3) is 18.0. The van der Waals surface area contributed by atoms with E-state index in [4.69, 9.17) is 80.5 Å². The van der Waals surface area contributed by atoms with Crippen molar-refractivity contribution in [2.75, 3.05) is 86.4 Å². The Morgan fingerprint density at radius 3 is 1.00 bits per heavy atom. The van der Waals surface area contributed by atoms with Gasteiger partial charge in [-0.2, -0.15) is 0 Å². The van der Waals surface area contributed by atoms with Crippen LogP contribution in [-0.4, -0.2) is 235 Å². The van der Waals surface area contributed by atoms with Crippen LogP contribution < -0.4 is 9.47 Å². The topological polar surface area (TPSA) is 258 Å². The summed E-state index contributed by atoms with van der Waals surface area (Å²) < 4.78 is 105. The van der Waals surface area contributed by atoms with Crippen molar-refractivity contribution in [2.24, 2.45) is 0 Å². The fourth-order valence-electron chi connectivity index (χ4n) is 8.86. The molecule has 22 heteroatoms. The first kappa shape index (κ1) is 63.8. The van der Waals surface area contributed by atoms with E-state index in [0.29, 0.717) is 11.5 Å². The Bertz CT molecular complexity index is 1920. The molecular weight excluding hydrogens is 1010 g/mol. The molecule has 20 atom stereocenters. The summed E-state index contributed by atoms with van der Waals surface area (Å²) in [6, 6.07) is 6.67. The molecule has 4 aliphatic rings. The van der Waals surface area contributed by atoms with E-state index in [-0.39, 0.29) is 79.3 Å². The lowest BCUT2D eigenvalue weighted by atomic mass is 9.95. The summed E-state index contributed by atoms with van der Waals surface area (Å²) in [7, 11) is 1.53. The summed E-state index contributed by atoms with van der Waals surface area (Å²) in [5, 5.41) is 59.5. The first-order valence-corrected chi connectivity index (χ1v) is 25.4. The maximum Gasteiger partial charge on any atom is 0.229 e. The second kappa shape index (κ2) is 34.2. The molecule has 4 saturated heterocycles. The Kier molecular flexibility index (Phi) is 28.3. The molecule has 0 bridgehead atoms. The number of aliphatic hydroxyl groups excluding tert-OH is 5. The lowest BCUT2D eigenvalue weighted by Gasteiger charge is -2.51. The Morgan fingerprint density at radius 2 is 0.649 bits per heavy atom. The maximum absolute atomic E-state index is 12.4. The average molecular weight is 1090 g/mol. The quantitative estimate of drug-likeness (QED) is 0.0472. The second-order valence-electron chi connectivity index (χ2n) is 17.9. The lowest BCUT2D eigenvalue weighted by molar-refractivity contribution is -0.392. The van der Waals surface area contributed by atoms with E-state index < -0.39 is 123 Å². The molecule has 22 nitrogen and oxygen atoms in total. The molecule has 0 aromatic heterocycles. The average Bonchev–Trinajstić information content (AvgIpc) is 3.45. The van der Waals surface area contributed by atoms with Gasteiger partial charge in [-0.15, -0.1) is 52.6 Å². The monoisotopic (exact) mass is 1090 g/mol. The smallest absolute Gasteiger partial charge is 0.229 e. The van der Waals surface area contributed by atoms with Crippen molar-refractivity contribution in [3.8, 4) is 11.5 Å². The Morgan fingerprint density at radius 1 is 0.364 bits per heavy atom. The lowest BCUT2D eigenvalue weighted by Crippen LogP contribution is -2.68. The van der Waals surface area contributed by atoms with Crippen LogP contribution in [0.15, 0.2) is 126 Å². The minimum Gasteiger partial charge on any atom is -0.497 e. The number of rotatable bonds is 37. The van der Waals surface area contributed by atoms with Crippen LogP contribution in [0.1, 0.15) is 0 Å². The Hall–Kier alpha value is -4.06. The first-order chi connectivity index (χ1) is 37.4. The molecular formula is C55H80O22. The van der Waals surface area contributed by atoms with Gasteiger partial charge < -0.3 is 106 Å². The molecule has 1 aromatic rings.